The number of likely N-dealkylation sites (tertiary alicyclic amines) is 1. The van der Waals surface area contributed by atoms with Crippen LogP contribution >= 0.6 is 0 Å². The average molecular weight is 291 g/mol. The van der Waals surface area contributed by atoms with Gasteiger partial charge in [-0.15, -0.1) is 0 Å². The van der Waals surface area contributed by atoms with Crippen LogP contribution in [-0.4, -0.2) is 42.7 Å². The number of piperidine rings is 1. The molecule has 1 amide bonds. The van der Waals surface area contributed by atoms with Crippen LogP contribution in [0.5, 0.6) is 5.75 Å². The third kappa shape index (κ3) is 3.97. The first kappa shape index (κ1) is 15.8. The van der Waals surface area contributed by atoms with Gasteiger partial charge in [0.1, 0.15) is 5.75 Å². The van der Waals surface area contributed by atoms with Gasteiger partial charge in [-0.25, -0.2) is 0 Å². The molecule has 2 rings (SSSR count). The fourth-order valence-corrected chi connectivity index (χ4v) is 3.00. The highest BCUT2D eigenvalue weighted by Crippen LogP contribution is 2.26. The summed E-state index contributed by atoms with van der Waals surface area (Å²) in [5.41, 5.74) is 1.17. The van der Waals surface area contributed by atoms with Gasteiger partial charge in [0.25, 0.3) is 5.91 Å². The Bertz CT molecular complexity index is 487. The van der Waals surface area contributed by atoms with E-state index in [1.165, 1.54) is 6.42 Å². The average Bonchev–Trinajstić information content (AvgIpc) is 2.50. The lowest BCUT2D eigenvalue weighted by atomic mass is 9.93. The predicted octanol–water partition coefficient (Wildman–Crippen LogP) is 2.98. The number of amides is 1. The molecule has 21 heavy (non-hydrogen) atoms. The molecule has 1 heterocycles. The first-order valence-corrected chi connectivity index (χ1v) is 7.70. The normalized spacial score (nSPS) is 18.8. The van der Waals surface area contributed by atoms with Gasteiger partial charge in [0.05, 0.1) is 5.56 Å². The van der Waals surface area contributed by atoms with Gasteiger partial charge in [0.15, 0.2) is 0 Å². The molecule has 1 aromatic rings. The summed E-state index contributed by atoms with van der Waals surface area (Å²) in [6.07, 6.45) is 4.35. The monoisotopic (exact) mass is 291 g/mol. The third-order valence-corrected chi connectivity index (χ3v) is 4.24. The van der Waals surface area contributed by atoms with Crippen molar-refractivity contribution in [3.05, 3.63) is 29.3 Å². The molecule has 1 atom stereocenters. The van der Waals surface area contributed by atoms with E-state index < -0.39 is 0 Å². The summed E-state index contributed by atoms with van der Waals surface area (Å²) in [6, 6.07) is 5.34. The molecule has 0 aliphatic carbocycles. The number of carbonyl (C=O) groups excluding carboxylic acids is 1. The Morgan fingerprint density at radius 3 is 3.05 bits per heavy atom. The van der Waals surface area contributed by atoms with Crippen molar-refractivity contribution in [3.8, 4) is 5.75 Å². The molecule has 4 heteroatoms. The number of para-hydroxylation sites is 1. The standard InChI is InChI=1S/C17H25NO3/c1-13-6-3-9-15(16(13)19)17(20)18-10-4-7-14(12-18)8-5-11-21-2/h3,6,9,14,19H,4-5,7-8,10-12H2,1-2H3/t14-/m1/s1. The Hall–Kier alpha value is -1.55. The lowest BCUT2D eigenvalue weighted by Gasteiger charge is -2.33. The Morgan fingerprint density at radius 2 is 2.29 bits per heavy atom. The second-order valence-corrected chi connectivity index (χ2v) is 5.87. The molecule has 0 aromatic heterocycles. The van der Waals surface area contributed by atoms with Crippen molar-refractivity contribution in [2.75, 3.05) is 26.8 Å². The van der Waals surface area contributed by atoms with E-state index in [-0.39, 0.29) is 11.7 Å². The first-order valence-electron chi connectivity index (χ1n) is 7.70. The number of ether oxygens (including phenoxy) is 1. The topological polar surface area (TPSA) is 49.8 Å². The predicted molar refractivity (Wildman–Crippen MR) is 82.6 cm³/mol. The molecule has 116 valence electrons. The highest BCUT2D eigenvalue weighted by atomic mass is 16.5. The van der Waals surface area contributed by atoms with Crippen LogP contribution in [0.15, 0.2) is 18.2 Å². The van der Waals surface area contributed by atoms with Crippen LogP contribution < -0.4 is 0 Å². The Morgan fingerprint density at radius 1 is 1.48 bits per heavy atom. The summed E-state index contributed by atoms with van der Waals surface area (Å²) in [6.45, 7) is 4.17. The fourth-order valence-electron chi connectivity index (χ4n) is 3.00. The minimum atomic E-state index is -0.0485. The van der Waals surface area contributed by atoms with E-state index >= 15 is 0 Å². The highest BCUT2D eigenvalue weighted by molar-refractivity contribution is 5.97. The van der Waals surface area contributed by atoms with Crippen molar-refractivity contribution in [1.82, 2.24) is 4.90 Å². The summed E-state index contributed by atoms with van der Waals surface area (Å²) in [4.78, 5) is 14.5. The second-order valence-electron chi connectivity index (χ2n) is 5.87. The number of carbonyl (C=O) groups is 1. The van der Waals surface area contributed by atoms with Gasteiger partial charge in [0, 0.05) is 26.8 Å². The van der Waals surface area contributed by atoms with Crippen LogP contribution in [0.1, 0.15) is 41.6 Å². The molecule has 1 fully saturated rings. The SMILES string of the molecule is COCCC[C@H]1CCCN(C(=O)c2cccc(C)c2O)C1. The maximum absolute atomic E-state index is 12.6. The molecular formula is C17H25NO3. The van der Waals surface area contributed by atoms with Gasteiger partial charge in [-0.05, 0) is 50.2 Å². The smallest absolute Gasteiger partial charge is 0.257 e. The Balaban J connectivity index is 2.00. The molecule has 0 unspecified atom stereocenters. The van der Waals surface area contributed by atoms with E-state index in [1.54, 1.807) is 13.2 Å². The van der Waals surface area contributed by atoms with E-state index in [2.05, 4.69) is 0 Å². The zero-order valence-electron chi connectivity index (χ0n) is 13.0. The lowest BCUT2D eigenvalue weighted by Crippen LogP contribution is -2.40. The van der Waals surface area contributed by atoms with Crippen LogP contribution in [0.2, 0.25) is 0 Å². The maximum atomic E-state index is 12.6. The number of nitrogens with zero attached hydrogens (tertiary/aromatic N) is 1. The van der Waals surface area contributed by atoms with E-state index in [0.717, 1.165) is 44.5 Å². The minimum Gasteiger partial charge on any atom is -0.507 e. The summed E-state index contributed by atoms with van der Waals surface area (Å²) >= 11 is 0. The number of phenolic OH excluding ortho intramolecular Hbond substituents is 1. The number of phenols is 1. The number of rotatable bonds is 5. The van der Waals surface area contributed by atoms with Gasteiger partial charge < -0.3 is 14.7 Å². The van der Waals surface area contributed by atoms with Crippen LogP contribution in [0.4, 0.5) is 0 Å². The van der Waals surface area contributed by atoms with Gasteiger partial charge >= 0.3 is 0 Å². The molecule has 4 nitrogen and oxygen atoms in total. The van der Waals surface area contributed by atoms with Crippen LogP contribution in [0, 0.1) is 12.8 Å². The van der Waals surface area contributed by atoms with Crippen LogP contribution in [0.25, 0.3) is 0 Å². The van der Waals surface area contributed by atoms with Crippen LogP contribution in [0.3, 0.4) is 0 Å². The summed E-state index contributed by atoms with van der Waals surface area (Å²) in [7, 11) is 1.72. The van der Waals surface area contributed by atoms with E-state index in [9.17, 15) is 9.90 Å². The van der Waals surface area contributed by atoms with Crippen molar-refractivity contribution in [3.63, 3.8) is 0 Å². The number of aryl methyl sites for hydroxylation is 1. The van der Waals surface area contributed by atoms with Crippen molar-refractivity contribution in [1.29, 1.82) is 0 Å². The van der Waals surface area contributed by atoms with Gasteiger partial charge in [-0.2, -0.15) is 0 Å². The summed E-state index contributed by atoms with van der Waals surface area (Å²) < 4.78 is 5.09. The fraction of sp³-hybridized carbons (Fsp3) is 0.588. The van der Waals surface area contributed by atoms with E-state index in [4.69, 9.17) is 4.74 Å². The number of benzene rings is 1. The Labute approximate surface area is 126 Å². The number of hydrogen-bond acceptors (Lipinski definition) is 3. The number of methoxy groups -OCH3 is 1. The molecule has 1 N–H and O–H groups in total. The second kappa shape index (κ2) is 7.46. The molecule has 0 radical (unpaired) electrons. The Kier molecular flexibility index (Phi) is 5.62. The van der Waals surface area contributed by atoms with Crippen molar-refractivity contribution < 1.29 is 14.6 Å². The van der Waals surface area contributed by atoms with Crippen LogP contribution in [-0.2, 0) is 4.74 Å². The summed E-state index contributed by atoms with van der Waals surface area (Å²) in [5, 5.41) is 10.1. The molecule has 0 spiro atoms. The van der Waals surface area contributed by atoms with E-state index in [1.807, 2.05) is 24.0 Å². The first-order chi connectivity index (χ1) is 10.1. The van der Waals surface area contributed by atoms with Gasteiger partial charge in [-0.3, -0.25) is 4.79 Å². The lowest BCUT2D eigenvalue weighted by molar-refractivity contribution is 0.0657. The molecule has 0 bridgehead atoms. The van der Waals surface area contributed by atoms with Gasteiger partial charge in [0.2, 0.25) is 0 Å². The van der Waals surface area contributed by atoms with Crippen molar-refractivity contribution >= 4 is 5.91 Å². The molecule has 0 saturated carbocycles. The maximum Gasteiger partial charge on any atom is 0.257 e. The largest absolute Gasteiger partial charge is 0.507 e. The molecular weight excluding hydrogens is 266 g/mol. The molecule has 1 saturated heterocycles. The summed E-state index contributed by atoms with van der Waals surface area (Å²) in [5.74, 6) is 0.612. The van der Waals surface area contributed by atoms with Gasteiger partial charge in [-0.1, -0.05) is 12.1 Å². The number of hydrogen-bond donors (Lipinski definition) is 1. The van der Waals surface area contributed by atoms with Crippen molar-refractivity contribution in [2.45, 2.75) is 32.6 Å². The van der Waals surface area contributed by atoms with Crippen molar-refractivity contribution in [2.24, 2.45) is 5.92 Å². The molecule has 1 aliphatic rings. The van der Waals surface area contributed by atoms with E-state index in [0.29, 0.717) is 11.5 Å². The highest BCUT2D eigenvalue weighted by Gasteiger charge is 2.25. The number of aromatic hydroxyl groups is 1. The molecule has 1 aromatic carbocycles. The third-order valence-electron chi connectivity index (χ3n) is 4.24. The zero-order valence-corrected chi connectivity index (χ0v) is 13.0. The zero-order chi connectivity index (χ0) is 15.2. The minimum absolute atomic E-state index is 0.0485. The molecule has 1 aliphatic heterocycles. The quantitative estimate of drug-likeness (QED) is 0.849.